The van der Waals surface area contributed by atoms with Gasteiger partial charge in [-0.1, -0.05) is 23.7 Å². The molecule has 0 saturated carbocycles. The molecule has 1 amide bonds. The monoisotopic (exact) mass is 436 g/mol. The first-order valence-electron chi connectivity index (χ1n) is 9.53. The smallest absolute Gasteiger partial charge is 0.410 e. The Morgan fingerprint density at radius 3 is 2.60 bits per heavy atom. The number of carbonyl (C=O) groups excluding carboxylic acids is 1. The number of halogens is 3. The number of rotatable bonds is 4. The molecule has 8 heteroatoms. The highest BCUT2D eigenvalue weighted by Gasteiger charge is 2.25. The summed E-state index contributed by atoms with van der Waals surface area (Å²) in [5.74, 6) is -0.796. The maximum absolute atomic E-state index is 14.4. The lowest BCUT2D eigenvalue weighted by Crippen LogP contribution is -2.39. The second-order valence-electron chi connectivity index (χ2n) is 7.91. The van der Waals surface area contributed by atoms with Crippen molar-refractivity contribution in [2.75, 3.05) is 13.1 Å². The van der Waals surface area contributed by atoms with Crippen LogP contribution in [0.3, 0.4) is 0 Å². The molecule has 0 spiro atoms. The maximum atomic E-state index is 14.4. The van der Waals surface area contributed by atoms with Crippen molar-refractivity contribution < 1.29 is 23.0 Å². The zero-order valence-corrected chi connectivity index (χ0v) is 17.8. The first-order valence-corrected chi connectivity index (χ1v) is 9.91. The van der Waals surface area contributed by atoms with E-state index in [1.165, 1.54) is 24.3 Å². The maximum Gasteiger partial charge on any atom is 0.410 e. The van der Waals surface area contributed by atoms with E-state index in [-0.39, 0.29) is 18.2 Å². The first kappa shape index (κ1) is 22.0. The highest BCUT2D eigenvalue weighted by Crippen LogP contribution is 2.26. The summed E-state index contributed by atoms with van der Waals surface area (Å²) in [4.78, 5) is 18.0. The lowest BCUT2D eigenvalue weighted by Gasteiger charge is -2.29. The number of amides is 1. The lowest BCUT2D eigenvalue weighted by molar-refractivity contribution is 0.0270. The minimum absolute atomic E-state index is 0.0630. The lowest BCUT2D eigenvalue weighted by atomic mass is 10.0. The summed E-state index contributed by atoms with van der Waals surface area (Å²) < 4.78 is 39.2. The predicted octanol–water partition coefficient (Wildman–Crippen LogP) is 5.62. The predicted molar refractivity (Wildman–Crippen MR) is 110 cm³/mol. The van der Waals surface area contributed by atoms with Crippen molar-refractivity contribution >= 4 is 23.3 Å². The third kappa shape index (κ3) is 5.69. The topological polar surface area (TPSA) is 51.7 Å². The van der Waals surface area contributed by atoms with Crippen LogP contribution in [0.4, 0.5) is 13.6 Å². The van der Waals surface area contributed by atoms with Gasteiger partial charge in [-0.25, -0.2) is 18.6 Å². The number of hydrogen-bond acceptors (Lipinski definition) is 4. The molecule has 0 radical (unpaired) electrons. The summed E-state index contributed by atoms with van der Waals surface area (Å²) in [7, 11) is 0. The van der Waals surface area contributed by atoms with E-state index in [2.05, 4.69) is 4.98 Å². The molecule has 0 atom stereocenters. The van der Waals surface area contributed by atoms with Crippen LogP contribution >= 0.6 is 11.6 Å². The molecule has 0 aliphatic carbocycles. The zero-order valence-electron chi connectivity index (χ0n) is 17.0. The van der Waals surface area contributed by atoms with Crippen LogP contribution in [0.25, 0.3) is 5.57 Å². The summed E-state index contributed by atoms with van der Waals surface area (Å²) in [6.07, 6.45) is 1.77. The van der Waals surface area contributed by atoms with Crippen molar-refractivity contribution in [3.8, 4) is 5.88 Å². The van der Waals surface area contributed by atoms with E-state index in [4.69, 9.17) is 21.1 Å². The minimum atomic E-state index is -0.579. The van der Waals surface area contributed by atoms with Crippen LogP contribution in [0.5, 0.6) is 5.88 Å². The molecule has 0 unspecified atom stereocenters. The largest absolute Gasteiger partial charge is 0.473 e. The van der Waals surface area contributed by atoms with Crippen LogP contribution in [0, 0.1) is 11.6 Å². The van der Waals surface area contributed by atoms with Gasteiger partial charge >= 0.3 is 6.09 Å². The Kier molecular flexibility index (Phi) is 6.61. The van der Waals surface area contributed by atoms with E-state index < -0.39 is 23.3 Å². The molecular weight excluding hydrogens is 414 g/mol. The van der Waals surface area contributed by atoms with Crippen molar-refractivity contribution in [1.29, 1.82) is 0 Å². The fraction of sp³-hybridized carbons (Fsp3) is 0.364. The number of ether oxygens (including phenoxy) is 2. The summed E-state index contributed by atoms with van der Waals surface area (Å²) >= 11 is 5.75. The van der Waals surface area contributed by atoms with Gasteiger partial charge in [0.2, 0.25) is 5.88 Å². The zero-order chi connectivity index (χ0) is 21.9. The fourth-order valence-electron chi connectivity index (χ4n) is 2.90. The van der Waals surface area contributed by atoms with Gasteiger partial charge in [-0.2, -0.15) is 0 Å². The van der Waals surface area contributed by atoms with Gasteiger partial charge in [0.05, 0.1) is 0 Å². The third-order valence-corrected chi connectivity index (χ3v) is 4.61. The molecule has 5 nitrogen and oxygen atoms in total. The molecule has 30 heavy (non-hydrogen) atoms. The summed E-state index contributed by atoms with van der Waals surface area (Å²) in [5.41, 5.74) is 0.574. The Morgan fingerprint density at radius 2 is 1.97 bits per heavy atom. The Labute approximate surface area is 179 Å². The van der Waals surface area contributed by atoms with Gasteiger partial charge in [-0.3, -0.25) is 0 Å². The standard InChI is InChI=1S/C22H23ClF2N2O3/c1-22(2,3)30-21(28)27-10-8-14(9-11-27)20-17(24)6-7-19(26-20)29-13-15-4-5-16(23)12-18(15)25/h4-8,12H,9-11,13H2,1-3H3. The molecule has 0 N–H and O–H groups in total. The summed E-state index contributed by atoms with van der Waals surface area (Å²) in [6.45, 7) is 6.03. The van der Waals surface area contributed by atoms with Gasteiger partial charge in [0, 0.05) is 29.7 Å². The number of benzene rings is 1. The van der Waals surface area contributed by atoms with Gasteiger partial charge in [0.25, 0.3) is 0 Å². The highest BCUT2D eigenvalue weighted by atomic mass is 35.5. The molecule has 2 heterocycles. The number of nitrogens with zero attached hydrogens (tertiary/aromatic N) is 2. The van der Waals surface area contributed by atoms with E-state index >= 15 is 0 Å². The fourth-order valence-corrected chi connectivity index (χ4v) is 3.06. The molecule has 0 bridgehead atoms. The normalized spacial score (nSPS) is 14.3. The molecule has 2 aromatic rings. The highest BCUT2D eigenvalue weighted by molar-refractivity contribution is 6.30. The van der Waals surface area contributed by atoms with Crippen LogP contribution in [0.2, 0.25) is 5.02 Å². The Balaban J connectivity index is 1.69. The Morgan fingerprint density at radius 1 is 1.20 bits per heavy atom. The number of aromatic nitrogens is 1. The third-order valence-electron chi connectivity index (χ3n) is 4.38. The van der Waals surface area contributed by atoms with Crippen LogP contribution in [-0.4, -0.2) is 34.7 Å². The number of hydrogen-bond donors (Lipinski definition) is 0. The van der Waals surface area contributed by atoms with Gasteiger partial charge in [0.15, 0.2) is 0 Å². The number of carbonyl (C=O) groups is 1. The molecule has 1 aliphatic rings. The van der Waals surface area contributed by atoms with Crippen molar-refractivity contribution in [3.63, 3.8) is 0 Å². The Hall–Kier alpha value is -2.67. The van der Waals surface area contributed by atoms with Crippen LogP contribution in [0.15, 0.2) is 36.4 Å². The molecule has 1 aliphatic heterocycles. The van der Waals surface area contributed by atoms with Crippen LogP contribution < -0.4 is 4.74 Å². The van der Waals surface area contributed by atoms with Gasteiger partial charge in [-0.15, -0.1) is 0 Å². The van der Waals surface area contributed by atoms with Gasteiger partial charge in [-0.05, 0) is 51.0 Å². The average molecular weight is 437 g/mol. The van der Waals surface area contributed by atoms with Crippen molar-refractivity contribution in [2.24, 2.45) is 0 Å². The minimum Gasteiger partial charge on any atom is -0.473 e. The molecule has 1 aromatic heterocycles. The molecule has 1 aromatic carbocycles. The van der Waals surface area contributed by atoms with E-state index in [0.717, 1.165) is 0 Å². The summed E-state index contributed by atoms with van der Waals surface area (Å²) in [6, 6.07) is 6.94. The van der Waals surface area contributed by atoms with E-state index in [9.17, 15) is 13.6 Å². The van der Waals surface area contributed by atoms with Gasteiger partial charge in [0.1, 0.15) is 29.5 Å². The van der Waals surface area contributed by atoms with E-state index in [1.54, 1.807) is 37.8 Å². The van der Waals surface area contributed by atoms with Crippen LogP contribution in [0.1, 0.15) is 38.4 Å². The molecule has 0 saturated heterocycles. The quantitative estimate of drug-likeness (QED) is 0.624. The second kappa shape index (κ2) is 9.00. The average Bonchev–Trinajstić information content (AvgIpc) is 2.67. The second-order valence-corrected chi connectivity index (χ2v) is 8.35. The summed E-state index contributed by atoms with van der Waals surface area (Å²) in [5, 5.41) is 0.295. The van der Waals surface area contributed by atoms with Crippen molar-refractivity contribution in [2.45, 2.75) is 39.4 Å². The van der Waals surface area contributed by atoms with Crippen molar-refractivity contribution in [1.82, 2.24) is 9.88 Å². The SMILES string of the molecule is CC(C)(C)OC(=O)N1CC=C(c2nc(OCc3ccc(Cl)cc3F)ccc2F)CC1. The van der Waals surface area contributed by atoms with E-state index in [1.807, 2.05) is 0 Å². The van der Waals surface area contributed by atoms with E-state index in [0.29, 0.717) is 35.7 Å². The molecular formula is C22H23ClF2N2O3. The molecule has 0 fully saturated rings. The van der Waals surface area contributed by atoms with Crippen molar-refractivity contribution in [3.05, 3.63) is 64.3 Å². The first-order chi connectivity index (χ1) is 14.1. The van der Waals surface area contributed by atoms with Gasteiger partial charge < -0.3 is 14.4 Å². The van der Waals surface area contributed by atoms with Crippen LogP contribution in [-0.2, 0) is 11.3 Å². The number of pyridine rings is 1. The molecule has 3 rings (SSSR count). The molecule has 160 valence electrons. The Bertz CT molecular complexity index is 973.